The molecule has 0 bridgehead atoms. The van der Waals surface area contributed by atoms with Crippen molar-refractivity contribution in [3.63, 3.8) is 0 Å². The fraction of sp³-hybridized carbons (Fsp3) is 0.150. The number of benzene rings is 2. The number of hydrogen-bond donors (Lipinski definition) is 0. The van der Waals surface area contributed by atoms with Crippen molar-refractivity contribution in [2.24, 2.45) is 0 Å². The van der Waals surface area contributed by atoms with Gasteiger partial charge in [0.1, 0.15) is 4.90 Å². The third-order valence-corrected chi connectivity index (χ3v) is 6.25. The molecule has 0 fully saturated rings. The first-order chi connectivity index (χ1) is 13.5. The van der Waals surface area contributed by atoms with Gasteiger partial charge in [-0.05, 0) is 30.7 Å². The molecule has 0 amide bonds. The van der Waals surface area contributed by atoms with Crippen molar-refractivity contribution in [3.8, 4) is 0 Å². The molecule has 0 N–H and O–H groups in total. The van der Waals surface area contributed by atoms with E-state index in [-0.39, 0.29) is 27.9 Å². The van der Waals surface area contributed by atoms with Crippen LogP contribution in [0, 0.1) is 0 Å². The molecule has 0 aliphatic carbocycles. The lowest BCUT2D eigenvalue weighted by atomic mass is 10.2. The maximum atomic E-state index is 13.5. The summed E-state index contributed by atoms with van der Waals surface area (Å²) in [6, 6.07) is 14.6. The van der Waals surface area contributed by atoms with E-state index in [9.17, 15) is 18.0 Å². The second-order valence-corrected chi connectivity index (χ2v) is 8.11. The Balaban J connectivity index is 2.08. The van der Waals surface area contributed by atoms with Gasteiger partial charge in [0.15, 0.2) is 0 Å². The highest BCUT2D eigenvalue weighted by Crippen LogP contribution is 2.25. The number of carbonyl (C=O) groups is 1. The molecule has 0 spiro atoms. The second-order valence-electron chi connectivity index (χ2n) is 6.35. The van der Waals surface area contributed by atoms with Crippen molar-refractivity contribution < 1.29 is 13.2 Å². The van der Waals surface area contributed by atoms with E-state index in [1.165, 1.54) is 18.3 Å². The molecule has 2 heterocycles. The zero-order chi connectivity index (χ0) is 19.9. The number of nitrogens with zero attached hydrogens (tertiary/aromatic N) is 3. The van der Waals surface area contributed by atoms with E-state index in [4.69, 9.17) is 0 Å². The van der Waals surface area contributed by atoms with Gasteiger partial charge in [-0.2, -0.15) is 3.97 Å². The minimum Gasteiger partial charge on any atom is -0.274 e. The predicted molar refractivity (Wildman–Crippen MR) is 106 cm³/mol. The highest BCUT2D eigenvalue weighted by atomic mass is 32.2. The molecule has 0 atom stereocenters. The molecule has 0 saturated carbocycles. The van der Waals surface area contributed by atoms with Crippen LogP contribution < -0.4 is 5.69 Å². The summed E-state index contributed by atoms with van der Waals surface area (Å²) in [7, 11) is -4.28. The first-order valence-electron chi connectivity index (χ1n) is 8.82. The van der Waals surface area contributed by atoms with Gasteiger partial charge in [-0.3, -0.25) is 9.78 Å². The Kier molecular flexibility index (Phi) is 4.35. The topological polar surface area (TPSA) is 91.0 Å². The molecule has 2 aromatic heterocycles. The molecular formula is C20H17N3O4S. The largest absolute Gasteiger partial charge is 0.350 e. The first-order valence-corrected chi connectivity index (χ1v) is 10.3. The third-order valence-electron chi connectivity index (χ3n) is 4.53. The number of hydrogen-bond acceptors (Lipinski definition) is 5. The van der Waals surface area contributed by atoms with Crippen LogP contribution in [-0.4, -0.2) is 27.8 Å². The zero-order valence-electron chi connectivity index (χ0n) is 15.1. The van der Waals surface area contributed by atoms with Gasteiger partial charge in [-0.15, -0.1) is 0 Å². The number of pyridine rings is 1. The van der Waals surface area contributed by atoms with Crippen LogP contribution in [0.1, 0.15) is 24.6 Å². The fourth-order valence-corrected chi connectivity index (χ4v) is 4.87. The van der Waals surface area contributed by atoms with E-state index in [1.54, 1.807) is 42.5 Å². The number of para-hydroxylation sites is 3. The van der Waals surface area contributed by atoms with Gasteiger partial charge in [0, 0.05) is 18.0 Å². The smallest absolute Gasteiger partial charge is 0.274 e. The van der Waals surface area contributed by atoms with E-state index >= 15 is 0 Å². The molecule has 0 saturated heterocycles. The van der Waals surface area contributed by atoms with Crippen molar-refractivity contribution >= 4 is 37.9 Å². The minimum absolute atomic E-state index is 0.0847. The van der Waals surface area contributed by atoms with Crippen LogP contribution in [0.4, 0.5) is 0 Å². The Bertz CT molecular complexity index is 1380. The normalized spacial score (nSPS) is 11.9. The van der Waals surface area contributed by atoms with Crippen LogP contribution in [0.5, 0.6) is 0 Å². The number of carbonyl (C=O) groups excluding carboxylic acids is 1. The zero-order valence-corrected chi connectivity index (χ0v) is 15.9. The van der Waals surface area contributed by atoms with Crippen LogP contribution in [0.15, 0.2) is 70.5 Å². The highest BCUT2D eigenvalue weighted by molar-refractivity contribution is 7.90. The van der Waals surface area contributed by atoms with Crippen LogP contribution in [0.2, 0.25) is 0 Å². The van der Waals surface area contributed by atoms with Crippen LogP contribution in [-0.2, 0) is 10.0 Å². The Morgan fingerprint density at radius 3 is 2.46 bits per heavy atom. The number of rotatable bonds is 4. The Labute approximate surface area is 160 Å². The quantitative estimate of drug-likeness (QED) is 0.530. The molecule has 0 aliphatic rings. The van der Waals surface area contributed by atoms with E-state index < -0.39 is 21.6 Å². The first kappa shape index (κ1) is 18.1. The molecule has 0 unspecified atom stereocenters. The summed E-state index contributed by atoms with van der Waals surface area (Å²) >= 11 is 0. The van der Waals surface area contributed by atoms with E-state index in [0.29, 0.717) is 15.8 Å². The fourth-order valence-electron chi connectivity index (χ4n) is 3.30. The summed E-state index contributed by atoms with van der Waals surface area (Å²) in [5, 5.41) is 0.641. The van der Waals surface area contributed by atoms with E-state index in [2.05, 4.69) is 4.98 Å². The molecule has 0 radical (unpaired) electrons. The van der Waals surface area contributed by atoms with Crippen molar-refractivity contribution in [2.75, 3.05) is 0 Å². The summed E-state index contributed by atoms with van der Waals surface area (Å²) in [6.07, 6.45) is 2.19. The Hall–Kier alpha value is -3.26. The van der Waals surface area contributed by atoms with Crippen LogP contribution in [0.3, 0.4) is 0 Å². The van der Waals surface area contributed by atoms with Gasteiger partial charge in [-0.1, -0.05) is 37.3 Å². The SMILES string of the molecule is CCCC(=O)n1c(=O)n(S(=O)(=O)c2cccc3cccnc23)c2ccccc21. The molecule has 4 aromatic rings. The van der Waals surface area contributed by atoms with Crippen LogP contribution in [0.25, 0.3) is 21.9 Å². The Morgan fingerprint density at radius 2 is 1.71 bits per heavy atom. The summed E-state index contributed by atoms with van der Waals surface area (Å²) < 4.78 is 28.6. The predicted octanol–water partition coefficient (Wildman–Crippen LogP) is 3.03. The standard InChI is InChI=1S/C20H17N3O4S/c1-2-7-18(24)22-15-10-3-4-11-16(15)23(20(22)25)28(26,27)17-12-5-8-14-9-6-13-21-19(14)17/h3-6,8-13H,2,7H2,1H3. The maximum absolute atomic E-state index is 13.5. The average molecular weight is 395 g/mol. The number of imidazole rings is 1. The van der Waals surface area contributed by atoms with Crippen LogP contribution >= 0.6 is 0 Å². The van der Waals surface area contributed by atoms with E-state index in [1.807, 2.05) is 6.92 Å². The van der Waals surface area contributed by atoms with Gasteiger partial charge in [-0.25, -0.2) is 17.8 Å². The van der Waals surface area contributed by atoms with Gasteiger partial charge in [0.2, 0.25) is 5.91 Å². The number of aromatic nitrogens is 3. The Morgan fingerprint density at radius 1 is 1.00 bits per heavy atom. The molecule has 7 nitrogen and oxygen atoms in total. The minimum atomic E-state index is -4.28. The van der Waals surface area contributed by atoms with Crippen molar-refractivity contribution in [1.29, 1.82) is 0 Å². The summed E-state index contributed by atoms with van der Waals surface area (Å²) in [5.41, 5.74) is -0.200. The second kappa shape index (κ2) is 6.72. The van der Waals surface area contributed by atoms with Gasteiger partial charge >= 0.3 is 5.69 Å². The average Bonchev–Trinajstić information content (AvgIpc) is 3.00. The maximum Gasteiger partial charge on any atom is 0.350 e. The summed E-state index contributed by atoms with van der Waals surface area (Å²) in [4.78, 5) is 29.7. The molecule has 0 aliphatic heterocycles. The van der Waals surface area contributed by atoms with Crippen molar-refractivity contribution in [3.05, 3.63) is 71.3 Å². The van der Waals surface area contributed by atoms with Crippen molar-refractivity contribution in [2.45, 2.75) is 24.7 Å². The molecule has 2 aromatic carbocycles. The number of fused-ring (bicyclic) bond motifs is 2. The lowest BCUT2D eigenvalue weighted by Crippen LogP contribution is -2.32. The lowest BCUT2D eigenvalue weighted by molar-refractivity contribution is 0.0902. The van der Waals surface area contributed by atoms with Gasteiger partial charge < -0.3 is 0 Å². The van der Waals surface area contributed by atoms with E-state index in [0.717, 1.165) is 4.57 Å². The molecule has 4 rings (SSSR count). The molecule has 28 heavy (non-hydrogen) atoms. The highest BCUT2D eigenvalue weighted by Gasteiger charge is 2.28. The molecule has 142 valence electrons. The molecular weight excluding hydrogens is 378 g/mol. The summed E-state index contributed by atoms with van der Waals surface area (Å²) in [6.45, 7) is 1.82. The molecule has 8 heteroatoms. The summed E-state index contributed by atoms with van der Waals surface area (Å²) in [5.74, 6) is -0.436. The van der Waals surface area contributed by atoms with Gasteiger partial charge in [0.25, 0.3) is 10.0 Å². The monoisotopic (exact) mass is 395 g/mol. The van der Waals surface area contributed by atoms with Crippen molar-refractivity contribution in [1.82, 2.24) is 13.5 Å². The third kappa shape index (κ3) is 2.65. The lowest BCUT2D eigenvalue weighted by Gasteiger charge is -2.08. The van der Waals surface area contributed by atoms with Gasteiger partial charge in [0.05, 0.1) is 16.6 Å².